The highest BCUT2D eigenvalue weighted by Gasteiger charge is 2.52. The van der Waals surface area contributed by atoms with E-state index in [0.29, 0.717) is 0 Å². The molecule has 0 bridgehead atoms. The lowest BCUT2D eigenvalue weighted by Crippen LogP contribution is -2.58. The summed E-state index contributed by atoms with van der Waals surface area (Å²) in [5.74, 6) is -2.16. The van der Waals surface area contributed by atoms with Crippen LogP contribution >= 0.6 is 0 Å². The Morgan fingerprint density at radius 3 is 2.57 bits per heavy atom. The van der Waals surface area contributed by atoms with E-state index in [0.717, 1.165) is 6.07 Å². The molecule has 2 heterocycles. The first-order valence-electron chi connectivity index (χ1n) is 6.87. The van der Waals surface area contributed by atoms with Gasteiger partial charge in [0.2, 0.25) is 5.75 Å². The predicted molar refractivity (Wildman–Crippen MR) is 72.2 cm³/mol. The van der Waals surface area contributed by atoms with Gasteiger partial charge >= 0.3 is 5.97 Å². The van der Waals surface area contributed by atoms with Gasteiger partial charge in [-0.05, 0) is 6.07 Å². The van der Waals surface area contributed by atoms with Crippen LogP contribution in [0.4, 0.5) is 0 Å². The van der Waals surface area contributed by atoms with Crippen molar-refractivity contribution in [3.63, 3.8) is 0 Å². The number of methoxy groups -OCH3 is 1. The molecule has 3 unspecified atom stereocenters. The second-order valence-corrected chi connectivity index (χ2v) is 5.37. The van der Waals surface area contributed by atoms with Crippen LogP contribution in [0, 0.1) is 0 Å². The van der Waals surface area contributed by atoms with Crippen LogP contribution in [0.1, 0.15) is 22.0 Å². The third-order valence-electron chi connectivity index (χ3n) is 4.09. The van der Waals surface area contributed by atoms with Gasteiger partial charge in [-0.2, -0.15) is 0 Å². The number of aliphatic hydroxyl groups is 3. The molecule has 3 rings (SSSR count). The molecular formula is C14H16O9. The van der Waals surface area contributed by atoms with Gasteiger partial charge in [0.1, 0.15) is 24.4 Å². The van der Waals surface area contributed by atoms with E-state index in [1.54, 1.807) is 0 Å². The third-order valence-corrected chi connectivity index (χ3v) is 4.09. The molecule has 2 aliphatic rings. The topological polar surface area (TPSA) is 146 Å². The number of carbonyl (C=O) groups is 1. The molecule has 0 aliphatic carbocycles. The molecule has 1 saturated heterocycles. The van der Waals surface area contributed by atoms with E-state index in [2.05, 4.69) is 0 Å². The van der Waals surface area contributed by atoms with Crippen molar-refractivity contribution < 1.29 is 44.5 Å². The maximum atomic E-state index is 12.1. The zero-order valence-corrected chi connectivity index (χ0v) is 12.0. The van der Waals surface area contributed by atoms with Crippen molar-refractivity contribution in [1.82, 2.24) is 0 Å². The molecule has 1 fully saturated rings. The number of aromatic hydroxyl groups is 2. The van der Waals surface area contributed by atoms with Crippen molar-refractivity contribution in [1.29, 1.82) is 0 Å². The van der Waals surface area contributed by atoms with Crippen LogP contribution in [0.15, 0.2) is 6.07 Å². The molecule has 5 N–H and O–H groups in total. The van der Waals surface area contributed by atoms with Crippen LogP contribution in [0.5, 0.6) is 17.2 Å². The van der Waals surface area contributed by atoms with Crippen LogP contribution < -0.4 is 4.74 Å². The minimum atomic E-state index is -1.51. The van der Waals surface area contributed by atoms with Gasteiger partial charge in [-0.3, -0.25) is 0 Å². The van der Waals surface area contributed by atoms with E-state index in [9.17, 15) is 30.3 Å². The zero-order chi connectivity index (χ0) is 16.9. The smallest absolute Gasteiger partial charge is 0.339 e. The molecule has 23 heavy (non-hydrogen) atoms. The lowest BCUT2D eigenvalue weighted by atomic mass is 9.86. The Morgan fingerprint density at radius 2 is 1.96 bits per heavy atom. The highest BCUT2D eigenvalue weighted by atomic mass is 16.6. The van der Waals surface area contributed by atoms with E-state index in [1.165, 1.54) is 7.11 Å². The Hall–Kier alpha value is -2.07. The normalized spacial score (nSPS) is 32.7. The number of carbonyl (C=O) groups excluding carboxylic acids is 1. The monoisotopic (exact) mass is 328 g/mol. The number of esters is 1. The molecule has 0 aromatic heterocycles. The van der Waals surface area contributed by atoms with Crippen LogP contribution in [-0.4, -0.2) is 69.6 Å². The molecule has 0 amide bonds. The van der Waals surface area contributed by atoms with Crippen LogP contribution in [0.3, 0.4) is 0 Å². The maximum absolute atomic E-state index is 12.1. The van der Waals surface area contributed by atoms with Crippen LogP contribution in [0.25, 0.3) is 0 Å². The van der Waals surface area contributed by atoms with Gasteiger partial charge in [0.05, 0.1) is 19.3 Å². The molecule has 0 spiro atoms. The van der Waals surface area contributed by atoms with Gasteiger partial charge in [-0.1, -0.05) is 0 Å². The predicted octanol–water partition coefficient (Wildman–Crippen LogP) is -1.20. The molecule has 126 valence electrons. The first-order chi connectivity index (χ1) is 10.9. The average molecular weight is 328 g/mol. The van der Waals surface area contributed by atoms with Gasteiger partial charge in [0.15, 0.2) is 17.6 Å². The number of hydrogen-bond donors (Lipinski definition) is 5. The molecule has 9 heteroatoms. The Balaban J connectivity index is 2.16. The fourth-order valence-corrected chi connectivity index (χ4v) is 2.95. The summed E-state index contributed by atoms with van der Waals surface area (Å²) in [7, 11) is 1.22. The summed E-state index contributed by atoms with van der Waals surface area (Å²) >= 11 is 0. The SMILES string of the molecule is COc1c(O)cc2c(c1O)[C@@H]1OC(CO)[C@@H](O)C(O)C1OC2=O. The Labute approximate surface area is 130 Å². The molecule has 1 aromatic rings. The Morgan fingerprint density at radius 1 is 1.26 bits per heavy atom. The van der Waals surface area contributed by atoms with Gasteiger partial charge in [0.25, 0.3) is 0 Å². The average Bonchev–Trinajstić information content (AvgIpc) is 2.52. The number of benzene rings is 1. The second-order valence-electron chi connectivity index (χ2n) is 5.37. The number of hydrogen-bond acceptors (Lipinski definition) is 9. The fourth-order valence-electron chi connectivity index (χ4n) is 2.95. The van der Waals surface area contributed by atoms with Gasteiger partial charge < -0.3 is 39.7 Å². The summed E-state index contributed by atoms with van der Waals surface area (Å²) in [6.45, 7) is -0.583. The zero-order valence-electron chi connectivity index (χ0n) is 12.0. The largest absolute Gasteiger partial charge is 0.504 e. The number of phenolic OH excluding ortho intramolecular Hbond substituents is 2. The van der Waals surface area contributed by atoms with Crippen molar-refractivity contribution in [2.24, 2.45) is 0 Å². The van der Waals surface area contributed by atoms with E-state index in [1.807, 2.05) is 0 Å². The quantitative estimate of drug-likeness (QED) is 0.422. The summed E-state index contributed by atoms with van der Waals surface area (Å²) in [5.41, 5.74) is -0.187. The maximum Gasteiger partial charge on any atom is 0.339 e. The van der Waals surface area contributed by atoms with E-state index in [4.69, 9.17) is 14.2 Å². The molecule has 0 radical (unpaired) electrons. The first kappa shape index (κ1) is 15.8. The van der Waals surface area contributed by atoms with Gasteiger partial charge in [-0.25, -0.2) is 4.79 Å². The summed E-state index contributed by atoms with van der Waals surface area (Å²) in [6, 6.07) is 1.06. The van der Waals surface area contributed by atoms with Crippen molar-refractivity contribution in [2.45, 2.75) is 30.5 Å². The van der Waals surface area contributed by atoms with E-state index >= 15 is 0 Å². The number of rotatable bonds is 2. The van der Waals surface area contributed by atoms with Crippen molar-refractivity contribution >= 4 is 5.97 Å². The van der Waals surface area contributed by atoms with Crippen molar-refractivity contribution in [3.8, 4) is 17.2 Å². The third kappa shape index (κ3) is 2.20. The number of phenols is 2. The molecule has 1 aromatic carbocycles. The standard InChI is InChI=1S/C14H16O9/c1-21-11-5(16)2-4-7(9(11)18)12-13(23-14(4)20)10(19)8(17)6(3-15)22-12/h2,6,8,10,12-13,15-19H,3H2,1H3/t6?,8-,10?,12+,13?/m1/s1. The fraction of sp³-hybridized carbons (Fsp3) is 0.500. The lowest BCUT2D eigenvalue weighted by Gasteiger charge is -2.44. The van der Waals surface area contributed by atoms with Crippen molar-refractivity contribution in [3.05, 3.63) is 17.2 Å². The van der Waals surface area contributed by atoms with E-state index < -0.39 is 54.6 Å². The minimum Gasteiger partial charge on any atom is -0.504 e. The molecular weight excluding hydrogens is 312 g/mol. The minimum absolute atomic E-state index is 0.0368. The van der Waals surface area contributed by atoms with Crippen LogP contribution in [-0.2, 0) is 9.47 Å². The lowest BCUT2D eigenvalue weighted by molar-refractivity contribution is -0.235. The van der Waals surface area contributed by atoms with Crippen LogP contribution in [0.2, 0.25) is 0 Å². The molecule has 2 aliphatic heterocycles. The first-order valence-corrected chi connectivity index (χ1v) is 6.87. The summed E-state index contributed by atoms with van der Waals surface area (Å²) < 4.78 is 15.4. The summed E-state index contributed by atoms with van der Waals surface area (Å²) in [5, 5.41) is 49.3. The van der Waals surface area contributed by atoms with Crippen molar-refractivity contribution in [2.75, 3.05) is 13.7 Å². The number of aliphatic hydroxyl groups excluding tert-OH is 3. The number of ether oxygens (including phenoxy) is 3. The van der Waals surface area contributed by atoms with Gasteiger partial charge in [-0.15, -0.1) is 0 Å². The molecule has 5 atom stereocenters. The highest BCUT2D eigenvalue weighted by Crippen LogP contribution is 2.49. The van der Waals surface area contributed by atoms with Gasteiger partial charge in [0, 0.05) is 5.56 Å². The Bertz CT molecular complexity index is 644. The highest BCUT2D eigenvalue weighted by molar-refractivity contribution is 5.95. The Kier molecular flexibility index (Phi) is 3.80. The summed E-state index contributed by atoms with van der Waals surface area (Å²) in [4.78, 5) is 12.1. The number of fused-ring (bicyclic) bond motifs is 3. The molecule has 0 saturated carbocycles. The second kappa shape index (κ2) is 5.53. The molecule has 9 nitrogen and oxygen atoms in total. The van der Waals surface area contributed by atoms with E-state index in [-0.39, 0.29) is 16.9 Å². The summed E-state index contributed by atoms with van der Waals surface area (Å²) in [6.07, 6.45) is -6.50.